The summed E-state index contributed by atoms with van der Waals surface area (Å²) in [6, 6.07) is 14.5. The van der Waals surface area contributed by atoms with Crippen molar-refractivity contribution < 1.29 is 102 Å². The summed E-state index contributed by atoms with van der Waals surface area (Å²) in [6.45, 7) is 10.4. The van der Waals surface area contributed by atoms with Crippen molar-refractivity contribution in [1.82, 2.24) is 29.3 Å². The van der Waals surface area contributed by atoms with Crippen LogP contribution in [0.25, 0.3) is 0 Å². The number of ether oxygens (including phenoxy) is 4. The summed E-state index contributed by atoms with van der Waals surface area (Å²) in [6.07, 6.45) is -3.04. The molecule has 12 atom stereocenters. The molecule has 2 aliphatic heterocycles. The maximum atomic E-state index is 15.4. The van der Waals surface area contributed by atoms with E-state index in [1.165, 1.54) is 56.3 Å². The monoisotopic (exact) mass is 1270 g/mol. The topological polar surface area (TPSA) is 337 Å². The SMILES string of the molecule is C=CCCOC(=O)[C@H](C)NP(=O)(OCC1OC(n2ccc(=O)[nH]c2=O)[C@](C)(F)[C@@H]1O)Oc1ccccc1.C=CCCOC(=O)[C@H](C)NP(=O)(Oc1ccccc1)Oc1c(F)c(F)c(F)c(F)c1F.C[C@]1(F)C(O)[C@@H](CO)O[C@H]1n1ccc(=O)[nH]c1=O. The van der Waals surface area contributed by atoms with Crippen molar-refractivity contribution in [3.8, 4) is 17.2 Å². The highest BCUT2D eigenvalue weighted by Gasteiger charge is 2.57. The fourth-order valence-electron chi connectivity index (χ4n) is 7.61. The Morgan fingerprint density at radius 1 is 0.651 bits per heavy atom. The van der Waals surface area contributed by atoms with Crippen LogP contribution in [0.2, 0.25) is 0 Å². The lowest BCUT2D eigenvalue weighted by Crippen LogP contribution is -2.43. The second-order valence-electron chi connectivity index (χ2n) is 18.7. The molecule has 5 aromatic rings. The zero-order valence-corrected chi connectivity index (χ0v) is 47.6. The number of carbonyl (C=O) groups excluding carboxylic acids is 2. The number of esters is 2. The lowest BCUT2D eigenvalue weighted by molar-refractivity contribution is -0.146. The molecule has 0 saturated carbocycles. The molecule has 470 valence electrons. The third kappa shape index (κ3) is 17.6. The molecule has 2 saturated heterocycles. The van der Waals surface area contributed by atoms with Crippen LogP contribution in [0.3, 0.4) is 0 Å². The molecule has 2 fully saturated rings. The number of benzene rings is 3. The van der Waals surface area contributed by atoms with Gasteiger partial charge in [-0.1, -0.05) is 48.6 Å². The van der Waals surface area contributed by atoms with Crippen molar-refractivity contribution >= 4 is 27.4 Å². The molecule has 0 radical (unpaired) electrons. The van der Waals surface area contributed by atoms with Gasteiger partial charge in [0.05, 0.1) is 26.4 Å². The summed E-state index contributed by atoms with van der Waals surface area (Å²) in [7, 11) is -9.25. The Morgan fingerprint density at radius 3 is 1.43 bits per heavy atom. The Morgan fingerprint density at radius 2 is 1.03 bits per heavy atom. The number of nitrogens with zero attached hydrogens (tertiary/aromatic N) is 2. The van der Waals surface area contributed by atoms with Crippen LogP contribution in [0.4, 0.5) is 30.7 Å². The molecular weight excluding hydrogens is 1210 g/mol. The maximum absolute atomic E-state index is 15.4. The van der Waals surface area contributed by atoms with Crippen molar-refractivity contribution in [2.45, 2.75) is 101 Å². The number of rotatable bonds is 24. The Kier molecular flexibility index (Phi) is 24.3. The average Bonchev–Trinajstić information content (AvgIpc) is 1.74. The van der Waals surface area contributed by atoms with Crippen LogP contribution in [0.1, 0.15) is 53.0 Å². The number of alkyl halides is 2. The fourth-order valence-corrected chi connectivity index (χ4v) is 10.6. The van der Waals surface area contributed by atoms with Gasteiger partial charge in [0.2, 0.25) is 34.8 Å². The number of H-pyrrole nitrogens is 2. The Bertz CT molecular complexity index is 3480. The molecule has 7 N–H and O–H groups in total. The third-order valence-corrected chi connectivity index (χ3v) is 15.3. The summed E-state index contributed by atoms with van der Waals surface area (Å²) < 4.78 is 168. The number of nitrogens with one attached hydrogen (secondary N) is 4. The Hall–Kier alpha value is -7.51. The minimum absolute atomic E-state index is 0.0588. The van der Waals surface area contributed by atoms with Gasteiger partial charge in [-0.15, -0.1) is 13.2 Å². The summed E-state index contributed by atoms with van der Waals surface area (Å²) in [5.74, 6) is -15.3. The Labute approximate surface area is 483 Å². The van der Waals surface area contributed by atoms with Crippen molar-refractivity contribution in [2.24, 2.45) is 0 Å². The van der Waals surface area contributed by atoms with Gasteiger partial charge in [-0.25, -0.2) is 40.7 Å². The first-order valence-electron chi connectivity index (χ1n) is 25.4. The number of aliphatic hydroxyl groups excluding tert-OH is 3. The van der Waals surface area contributed by atoms with E-state index in [-0.39, 0.29) is 24.7 Å². The maximum Gasteiger partial charge on any atom is 0.513 e. The quantitative estimate of drug-likeness (QED) is 0.00775. The van der Waals surface area contributed by atoms with Crippen LogP contribution in [0.15, 0.2) is 130 Å². The number of para-hydroxylation sites is 2. The summed E-state index contributed by atoms with van der Waals surface area (Å²) in [5.41, 5.74) is -7.84. The predicted octanol–water partition coefficient (Wildman–Crippen LogP) is 5.39. The lowest BCUT2D eigenvalue weighted by atomic mass is 9.98. The molecule has 0 bridgehead atoms. The van der Waals surface area contributed by atoms with Gasteiger partial charge in [0.15, 0.2) is 23.8 Å². The van der Waals surface area contributed by atoms with Crippen molar-refractivity contribution in [2.75, 3.05) is 26.4 Å². The van der Waals surface area contributed by atoms with Gasteiger partial charge >= 0.3 is 38.8 Å². The molecule has 86 heavy (non-hydrogen) atoms. The molecule has 2 aliphatic rings. The van der Waals surface area contributed by atoms with Crippen LogP contribution < -0.4 is 46.2 Å². The molecule has 0 spiro atoms. The summed E-state index contributed by atoms with van der Waals surface area (Å²) in [4.78, 5) is 74.2. The Balaban J connectivity index is 0.000000249. The zero-order valence-electron chi connectivity index (χ0n) is 45.8. The average molecular weight is 1270 g/mol. The van der Waals surface area contributed by atoms with Crippen molar-refractivity contribution in [3.63, 3.8) is 0 Å². The number of aromatic nitrogens is 4. The van der Waals surface area contributed by atoms with Crippen LogP contribution in [-0.2, 0) is 42.2 Å². The van der Waals surface area contributed by atoms with E-state index in [1.807, 2.05) is 9.97 Å². The molecule has 0 amide bonds. The van der Waals surface area contributed by atoms with E-state index in [2.05, 4.69) is 27.9 Å². The van der Waals surface area contributed by atoms with E-state index in [4.69, 9.17) is 37.6 Å². The number of aliphatic hydroxyl groups is 3. The third-order valence-electron chi connectivity index (χ3n) is 12.1. The first kappa shape index (κ1) is 69.3. The summed E-state index contributed by atoms with van der Waals surface area (Å²) in [5, 5.41) is 33.7. The largest absolute Gasteiger partial charge is 0.513 e. The van der Waals surface area contributed by atoms with E-state index in [0.29, 0.717) is 12.8 Å². The van der Waals surface area contributed by atoms with Crippen molar-refractivity contribution in [3.05, 3.63) is 181 Å². The standard InChI is InChI=1S/C23H29FN3O9P.C19H17F5NO5P.C10H13FN2O5/c1-4-5-13-33-20(30)15(2)26-37(32,36-16-9-7-6-8-10-16)34-14-17-19(29)23(3,24)21(35-17)27-12-11-18(28)25-22(27)31;1-3-4-10-28-19(26)11(2)25-31(27,29-12-8-6-5-7-9-12)30-18-16(23)14(21)13(20)15(22)17(18)24;1-10(11)7(16)5(4-14)18-8(10)13-3-2-6(15)12-9(13)17/h4,6-12,15,17,19,21,29H,1,5,13-14H2,2-3H3,(H,26,32)(H,25,28,31);3,5-9,11H,1,4,10H2,2H3,(H,25,27);2-3,5,7-8,14,16H,4H2,1H3,(H,12,15,17)/t15-,17?,19+,21?,23+,37?;11-,31?;5-,7?,8-,10+/m001/s1. The van der Waals surface area contributed by atoms with E-state index in [9.17, 15) is 74.5 Å². The molecule has 34 heteroatoms. The molecule has 5 unspecified atom stereocenters. The second-order valence-corrected chi connectivity index (χ2v) is 22.1. The number of halogens is 7. The van der Waals surface area contributed by atoms with E-state index < -0.39 is 158 Å². The van der Waals surface area contributed by atoms with E-state index in [0.717, 1.165) is 47.5 Å². The van der Waals surface area contributed by atoms with Crippen LogP contribution in [-0.4, -0.2) is 121 Å². The predicted molar refractivity (Wildman–Crippen MR) is 287 cm³/mol. The minimum atomic E-state index is -4.93. The molecule has 3 aromatic carbocycles. The molecule has 2 aromatic heterocycles. The zero-order chi connectivity index (χ0) is 63.9. The van der Waals surface area contributed by atoms with Crippen LogP contribution in [0.5, 0.6) is 17.2 Å². The summed E-state index contributed by atoms with van der Waals surface area (Å²) >= 11 is 0. The first-order valence-corrected chi connectivity index (χ1v) is 28.5. The number of hydrogen-bond acceptors (Lipinski definition) is 19. The number of hydrogen-bond donors (Lipinski definition) is 7. The van der Waals surface area contributed by atoms with Gasteiger partial charge in [0.1, 0.15) is 48.0 Å². The molecular formula is C52H59F7N6O19P2. The first-order chi connectivity index (χ1) is 40.4. The van der Waals surface area contributed by atoms with Gasteiger partial charge in [0, 0.05) is 24.5 Å². The van der Waals surface area contributed by atoms with Gasteiger partial charge in [0.25, 0.3) is 11.1 Å². The molecule has 25 nitrogen and oxygen atoms in total. The van der Waals surface area contributed by atoms with Gasteiger partial charge in [-0.3, -0.25) is 42.8 Å². The highest BCUT2D eigenvalue weighted by Crippen LogP contribution is 2.49. The number of aromatic amines is 2. The van der Waals surface area contributed by atoms with Gasteiger partial charge in [-0.05, 0) is 64.8 Å². The van der Waals surface area contributed by atoms with Gasteiger partial charge < -0.3 is 47.8 Å². The van der Waals surface area contributed by atoms with Gasteiger partial charge in [-0.2, -0.15) is 19.0 Å². The van der Waals surface area contributed by atoms with E-state index in [1.54, 1.807) is 30.3 Å². The highest BCUT2D eigenvalue weighted by molar-refractivity contribution is 7.52. The lowest BCUT2D eigenvalue weighted by Gasteiger charge is -2.25. The molecule has 4 heterocycles. The second kappa shape index (κ2) is 30.2. The molecule has 0 aliphatic carbocycles. The van der Waals surface area contributed by atoms with Crippen LogP contribution >= 0.6 is 15.5 Å². The smallest absolute Gasteiger partial charge is 0.464 e. The molecule has 7 rings (SSSR count). The fraction of sp³-hybridized carbons (Fsp3) is 0.385. The minimum Gasteiger partial charge on any atom is -0.464 e. The van der Waals surface area contributed by atoms with Crippen LogP contribution in [0, 0.1) is 29.1 Å². The number of carbonyl (C=O) groups is 2. The highest BCUT2D eigenvalue weighted by atomic mass is 31.2. The van der Waals surface area contributed by atoms with Crippen molar-refractivity contribution in [1.29, 1.82) is 0 Å². The van der Waals surface area contributed by atoms with E-state index >= 15 is 4.39 Å². The normalized spacial score (nSPS) is 23.5.